The van der Waals surface area contributed by atoms with Gasteiger partial charge in [-0.05, 0) is 84.4 Å². The summed E-state index contributed by atoms with van der Waals surface area (Å²) in [5.74, 6) is -1.83. The van der Waals surface area contributed by atoms with Crippen molar-refractivity contribution in [1.82, 2.24) is 29.8 Å². The van der Waals surface area contributed by atoms with Gasteiger partial charge in [0.15, 0.2) is 0 Å². The second kappa shape index (κ2) is 13.5. The quantitative estimate of drug-likeness (QED) is 0.357. The van der Waals surface area contributed by atoms with Crippen LogP contribution >= 0.6 is 15.9 Å². The van der Waals surface area contributed by atoms with E-state index >= 15 is 0 Å². The van der Waals surface area contributed by atoms with E-state index in [0.29, 0.717) is 53.2 Å². The van der Waals surface area contributed by atoms with Crippen LogP contribution in [-0.2, 0) is 16.6 Å². The summed E-state index contributed by atoms with van der Waals surface area (Å²) in [6, 6.07) is 12.3. The monoisotopic (exact) mass is 784 g/mol. The third kappa shape index (κ3) is 6.33. The lowest BCUT2D eigenvalue weighted by Gasteiger charge is -2.37. The lowest BCUT2D eigenvalue weighted by molar-refractivity contribution is -0.136. The van der Waals surface area contributed by atoms with E-state index in [1.807, 2.05) is 23.1 Å². The number of likely N-dealkylation sites (tertiary alicyclic amines) is 2. The molecule has 14 nitrogen and oxygen atoms in total. The number of aromatic nitrogens is 2. The van der Waals surface area contributed by atoms with Crippen LogP contribution in [0.2, 0.25) is 0 Å². The molecule has 0 radical (unpaired) electrons. The lowest BCUT2D eigenvalue weighted by Crippen LogP contribution is -2.54. The molecule has 2 unspecified atom stereocenters. The molecule has 2 aromatic carbocycles. The number of hydrogen-bond donors (Lipinski definition) is 2. The number of amides is 5. The van der Waals surface area contributed by atoms with E-state index in [9.17, 15) is 28.8 Å². The molecule has 5 aliphatic heterocycles. The summed E-state index contributed by atoms with van der Waals surface area (Å²) >= 11 is 3.42. The molecule has 4 fully saturated rings. The molecule has 53 heavy (non-hydrogen) atoms. The maximum absolute atomic E-state index is 13.8. The van der Waals surface area contributed by atoms with Crippen LogP contribution in [-0.4, -0.2) is 112 Å². The van der Waals surface area contributed by atoms with Gasteiger partial charge in [0.05, 0.1) is 28.7 Å². The first kappa shape index (κ1) is 35.2. The number of aryl methyl sites for hydroxylation is 1. The van der Waals surface area contributed by atoms with Crippen LogP contribution in [0.4, 0.5) is 11.4 Å². The molecule has 4 saturated heterocycles. The molecule has 0 bridgehead atoms. The Balaban J connectivity index is 0.915. The highest BCUT2D eigenvalue weighted by Crippen LogP contribution is 2.44. The Morgan fingerprint density at radius 3 is 2.51 bits per heavy atom. The fourth-order valence-electron chi connectivity index (χ4n) is 8.92. The number of nitrogens with one attached hydrogen (secondary N) is 2. The Hall–Kier alpha value is -4.89. The number of rotatable bonds is 6. The van der Waals surface area contributed by atoms with E-state index < -0.39 is 29.7 Å². The number of imide groups is 2. The Labute approximate surface area is 314 Å². The summed E-state index contributed by atoms with van der Waals surface area (Å²) < 4.78 is 1.76. The number of piperidine rings is 2. The Kier molecular flexibility index (Phi) is 8.96. The number of fused-ring (bicyclic) bond motifs is 1. The van der Waals surface area contributed by atoms with E-state index in [1.54, 1.807) is 25.4 Å². The number of likely N-dealkylation sites (N-methyl/N-ethyl adjacent to an activating group) is 1. The molecule has 0 saturated carbocycles. The van der Waals surface area contributed by atoms with Crippen molar-refractivity contribution in [3.05, 3.63) is 85.7 Å². The smallest absolute Gasteiger partial charge is 0.282 e. The van der Waals surface area contributed by atoms with Gasteiger partial charge in [-0.1, -0.05) is 18.2 Å². The molecule has 1 spiro atoms. The van der Waals surface area contributed by atoms with Crippen LogP contribution in [0.15, 0.2) is 57.9 Å². The number of carbonyl (C=O) groups is 5. The van der Waals surface area contributed by atoms with E-state index in [-0.39, 0.29) is 47.2 Å². The molecule has 0 aliphatic carbocycles. The molecule has 3 aromatic rings. The topological polar surface area (TPSA) is 157 Å². The minimum Gasteiger partial charge on any atom is -0.379 e. The molecule has 2 N–H and O–H groups in total. The molecule has 6 heterocycles. The van der Waals surface area contributed by atoms with Gasteiger partial charge >= 0.3 is 0 Å². The summed E-state index contributed by atoms with van der Waals surface area (Å²) in [6.45, 7) is 4.25. The van der Waals surface area contributed by atoms with Crippen LogP contribution in [0.5, 0.6) is 0 Å². The van der Waals surface area contributed by atoms with Crippen molar-refractivity contribution in [3.63, 3.8) is 0 Å². The van der Waals surface area contributed by atoms with Crippen molar-refractivity contribution < 1.29 is 24.0 Å². The van der Waals surface area contributed by atoms with Gasteiger partial charge in [0.2, 0.25) is 11.8 Å². The minimum atomic E-state index is -1.02. The number of benzene rings is 2. The average molecular weight is 786 g/mol. The maximum Gasteiger partial charge on any atom is 0.282 e. The van der Waals surface area contributed by atoms with E-state index in [0.717, 1.165) is 42.8 Å². The normalized spacial score (nSPS) is 26.1. The number of carbonyl (C=O) groups excluding carboxylic acids is 5. The summed E-state index contributed by atoms with van der Waals surface area (Å²) in [5, 5.41) is 9.91. The molecule has 5 aliphatic rings. The first-order valence-electron chi connectivity index (χ1n) is 18.1. The number of hydrogen-bond acceptors (Lipinski definition) is 10. The zero-order chi connectivity index (χ0) is 37.2. The van der Waals surface area contributed by atoms with Crippen molar-refractivity contribution in [2.75, 3.05) is 56.5 Å². The Morgan fingerprint density at radius 2 is 1.74 bits per heavy atom. The van der Waals surface area contributed by atoms with E-state index in [4.69, 9.17) is 0 Å². The van der Waals surface area contributed by atoms with Crippen LogP contribution in [0.3, 0.4) is 0 Å². The fourth-order valence-corrected chi connectivity index (χ4v) is 9.39. The molecule has 5 amide bonds. The van der Waals surface area contributed by atoms with Crippen molar-refractivity contribution in [3.8, 4) is 0 Å². The standard InChI is InChI=1S/C38H41BrN8O6/c1-43-18-24(16-25(19-43)41-27-17-40-44(2)37(53)32(27)39)22-6-8-23(9-7-22)34(50)46-15-13-38(21-46)12-14-45(20-38)28-5-3-4-26-31(28)36(52)47(35(26)51)29-10-11-30(48)42-33(29)49/h3-9,17,24-25,29,41H,10-16,18-21H2,1-2H3,(H,42,48,49)/t24-,25+,29?,38?/m1/s1. The number of halogens is 1. The van der Waals surface area contributed by atoms with E-state index in [2.05, 4.69) is 60.6 Å². The van der Waals surface area contributed by atoms with Gasteiger partial charge in [-0.2, -0.15) is 5.10 Å². The highest BCUT2D eigenvalue weighted by molar-refractivity contribution is 9.10. The molecule has 1 aromatic heterocycles. The predicted octanol–water partition coefficient (Wildman–Crippen LogP) is 2.59. The molecular weight excluding hydrogens is 744 g/mol. The summed E-state index contributed by atoms with van der Waals surface area (Å²) in [6.07, 6.45) is 4.38. The molecular formula is C38H41BrN8O6. The molecule has 8 rings (SSSR count). The first-order valence-corrected chi connectivity index (χ1v) is 18.9. The minimum absolute atomic E-state index is 0.00329. The van der Waals surface area contributed by atoms with Crippen LogP contribution < -0.4 is 21.1 Å². The van der Waals surface area contributed by atoms with Crippen molar-refractivity contribution >= 4 is 56.8 Å². The van der Waals surface area contributed by atoms with E-state index in [1.165, 1.54) is 4.68 Å². The van der Waals surface area contributed by atoms with Crippen LogP contribution in [0, 0.1) is 5.41 Å². The van der Waals surface area contributed by atoms with Crippen molar-refractivity contribution in [1.29, 1.82) is 0 Å². The third-order valence-corrected chi connectivity index (χ3v) is 12.4. The zero-order valence-corrected chi connectivity index (χ0v) is 31.2. The second-order valence-corrected chi connectivity index (χ2v) is 16.0. The molecule has 4 atom stereocenters. The second-order valence-electron chi connectivity index (χ2n) is 15.2. The van der Waals surface area contributed by atoms with Crippen molar-refractivity contribution in [2.24, 2.45) is 12.5 Å². The number of nitrogens with zero attached hydrogens (tertiary/aromatic N) is 6. The highest BCUT2D eigenvalue weighted by Gasteiger charge is 2.49. The lowest BCUT2D eigenvalue weighted by atomic mass is 9.86. The van der Waals surface area contributed by atoms with Crippen molar-refractivity contribution in [2.45, 2.75) is 50.1 Å². The van der Waals surface area contributed by atoms with Gasteiger partial charge in [-0.25, -0.2) is 4.68 Å². The predicted molar refractivity (Wildman–Crippen MR) is 199 cm³/mol. The van der Waals surface area contributed by atoms with Crippen LogP contribution in [0.1, 0.15) is 74.7 Å². The molecule has 15 heteroatoms. The number of anilines is 2. The fraction of sp³-hybridized carbons (Fsp3) is 0.447. The van der Waals surface area contributed by atoms with Gasteiger partial charge < -0.3 is 20.0 Å². The summed E-state index contributed by atoms with van der Waals surface area (Å²) in [5.41, 5.74) is 3.37. The highest BCUT2D eigenvalue weighted by atomic mass is 79.9. The maximum atomic E-state index is 13.8. The third-order valence-electron chi connectivity index (χ3n) is 11.7. The Morgan fingerprint density at radius 1 is 0.962 bits per heavy atom. The van der Waals surface area contributed by atoms with Crippen LogP contribution in [0.25, 0.3) is 0 Å². The zero-order valence-electron chi connectivity index (χ0n) is 29.6. The van der Waals surface area contributed by atoms with Gasteiger partial charge in [0.1, 0.15) is 10.5 Å². The SMILES string of the molecule is CN1C[C@@H](Nc2cnn(C)c(=O)c2Br)C[C@@H](c2ccc(C(=O)N3CCC4(CCN(c5cccc6c5C(=O)N(C5CCC(=O)NC5=O)C6=O)C4)C3)cc2)C1. The van der Waals surface area contributed by atoms with Gasteiger partial charge in [-0.15, -0.1) is 0 Å². The first-order chi connectivity index (χ1) is 25.4. The molecule has 276 valence electrons. The summed E-state index contributed by atoms with van der Waals surface area (Å²) in [7, 11) is 3.70. The Bertz CT molecular complexity index is 2100. The largest absolute Gasteiger partial charge is 0.379 e. The van der Waals surface area contributed by atoms with Gasteiger partial charge in [-0.3, -0.25) is 39.0 Å². The van der Waals surface area contributed by atoms with Gasteiger partial charge in [0, 0.05) is 69.8 Å². The summed E-state index contributed by atoms with van der Waals surface area (Å²) in [4.78, 5) is 84.9. The van der Waals surface area contributed by atoms with Gasteiger partial charge in [0.25, 0.3) is 23.3 Å². The average Bonchev–Trinajstić information content (AvgIpc) is 3.84.